The molecule has 0 rings (SSSR count). The van der Waals surface area contributed by atoms with Crippen molar-refractivity contribution in [2.75, 3.05) is 13.2 Å². The van der Waals surface area contributed by atoms with Gasteiger partial charge in [-0.1, -0.05) is 228 Å². The zero-order valence-electron chi connectivity index (χ0n) is 45.3. The minimum Gasteiger partial charge on any atom is -0.462 e. The second kappa shape index (κ2) is 57.2. The second-order valence-electron chi connectivity index (χ2n) is 19.2. The smallest absolute Gasteiger partial charge is 0.306 e. The maximum atomic E-state index is 12.9. The minimum atomic E-state index is -0.789. The Kier molecular flexibility index (Phi) is 54.3. The van der Waals surface area contributed by atoms with E-state index in [0.29, 0.717) is 19.3 Å². The molecule has 0 N–H and O–H groups in total. The molecule has 0 aromatic heterocycles. The fourth-order valence-corrected chi connectivity index (χ4v) is 7.99. The van der Waals surface area contributed by atoms with Crippen LogP contribution in [0.2, 0.25) is 0 Å². The number of hydrogen-bond donors (Lipinski definition) is 0. The van der Waals surface area contributed by atoms with E-state index in [4.69, 9.17) is 14.2 Å². The summed E-state index contributed by atoms with van der Waals surface area (Å²) >= 11 is 0. The number of ether oxygens (including phenoxy) is 3. The lowest BCUT2D eigenvalue weighted by Gasteiger charge is -2.18. The first kappa shape index (κ1) is 65.6. The van der Waals surface area contributed by atoms with Gasteiger partial charge in [0.2, 0.25) is 0 Å². The van der Waals surface area contributed by atoms with Gasteiger partial charge in [0.15, 0.2) is 6.10 Å². The topological polar surface area (TPSA) is 78.9 Å². The highest BCUT2D eigenvalue weighted by atomic mass is 16.6. The van der Waals surface area contributed by atoms with E-state index in [9.17, 15) is 14.4 Å². The highest BCUT2D eigenvalue weighted by molar-refractivity contribution is 5.71. The molecule has 0 aliphatic heterocycles. The maximum Gasteiger partial charge on any atom is 0.306 e. The third kappa shape index (κ3) is 55.4. The monoisotopic (exact) mass is 961 g/mol. The molecule has 1 atom stereocenters. The Morgan fingerprint density at radius 2 is 0.565 bits per heavy atom. The number of carbonyl (C=O) groups is 3. The molecule has 0 spiro atoms. The lowest BCUT2D eigenvalue weighted by Crippen LogP contribution is -2.30. The van der Waals surface area contributed by atoms with E-state index in [1.165, 1.54) is 128 Å². The van der Waals surface area contributed by atoms with Gasteiger partial charge >= 0.3 is 17.9 Å². The lowest BCUT2D eigenvalue weighted by molar-refractivity contribution is -0.167. The summed E-state index contributed by atoms with van der Waals surface area (Å²) in [5.74, 6) is -0.905. The molecule has 0 aromatic rings. The van der Waals surface area contributed by atoms with Crippen molar-refractivity contribution in [3.8, 4) is 0 Å². The number of allylic oxidation sites excluding steroid dienone is 14. The van der Waals surface area contributed by atoms with Gasteiger partial charge in [-0.05, 0) is 116 Å². The van der Waals surface area contributed by atoms with Gasteiger partial charge in [-0.15, -0.1) is 0 Å². The van der Waals surface area contributed by atoms with Crippen molar-refractivity contribution >= 4 is 17.9 Å². The van der Waals surface area contributed by atoms with E-state index < -0.39 is 6.10 Å². The molecule has 0 heterocycles. The van der Waals surface area contributed by atoms with Crippen molar-refractivity contribution < 1.29 is 28.6 Å². The minimum absolute atomic E-state index is 0.0870. The molecule has 0 saturated carbocycles. The predicted octanol–water partition coefficient (Wildman–Crippen LogP) is 19.5. The summed E-state index contributed by atoms with van der Waals surface area (Å²) < 4.78 is 16.9. The average Bonchev–Trinajstić information content (AvgIpc) is 3.35. The van der Waals surface area contributed by atoms with E-state index in [1.807, 2.05) is 0 Å². The zero-order valence-corrected chi connectivity index (χ0v) is 45.3. The fourth-order valence-electron chi connectivity index (χ4n) is 7.99. The van der Waals surface area contributed by atoms with Crippen LogP contribution >= 0.6 is 0 Å². The molecule has 69 heavy (non-hydrogen) atoms. The van der Waals surface area contributed by atoms with Crippen LogP contribution in [-0.4, -0.2) is 37.2 Å². The summed E-state index contributed by atoms with van der Waals surface area (Å²) in [7, 11) is 0. The largest absolute Gasteiger partial charge is 0.462 e. The van der Waals surface area contributed by atoms with E-state index in [1.54, 1.807) is 0 Å². The van der Waals surface area contributed by atoms with Gasteiger partial charge in [0.25, 0.3) is 0 Å². The molecule has 0 saturated heterocycles. The van der Waals surface area contributed by atoms with Crippen LogP contribution < -0.4 is 0 Å². The molecule has 1 unspecified atom stereocenters. The summed E-state index contributed by atoms with van der Waals surface area (Å²) in [5.41, 5.74) is 0. The first-order valence-corrected chi connectivity index (χ1v) is 29.1. The molecule has 0 fully saturated rings. The van der Waals surface area contributed by atoms with Crippen LogP contribution in [0.1, 0.15) is 278 Å². The second-order valence-corrected chi connectivity index (χ2v) is 19.2. The lowest BCUT2D eigenvalue weighted by atomic mass is 10.1. The van der Waals surface area contributed by atoms with Gasteiger partial charge in [0.1, 0.15) is 13.2 Å². The Hall–Kier alpha value is -3.41. The fraction of sp³-hybridized carbons (Fsp3) is 0.730. The van der Waals surface area contributed by atoms with Crippen LogP contribution in [0.3, 0.4) is 0 Å². The van der Waals surface area contributed by atoms with Gasteiger partial charge in [-0.3, -0.25) is 14.4 Å². The Bertz CT molecular complexity index is 1330. The molecule has 396 valence electrons. The van der Waals surface area contributed by atoms with Crippen molar-refractivity contribution in [2.45, 2.75) is 284 Å². The summed E-state index contributed by atoms with van der Waals surface area (Å²) in [5, 5.41) is 0. The molecular formula is C63H108O6. The first-order chi connectivity index (χ1) is 34.0. The van der Waals surface area contributed by atoms with Crippen molar-refractivity contribution in [1.29, 1.82) is 0 Å². The molecule has 0 amide bonds. The van der Waals surface area contributed by atoms with Crippen LogP contribution in [0.25, 0.3) is 0 Å². The van der Waals surface area contributed by atoms with Gasteiger partial charge in [-0.25, -0.2) is 0 Å². The molecular weight excluding hydrogens is 853 g/mol. The van der Waals surface area contributed by atoms with Crippen molar-refractivity contribution in [2.24, 2.45) is 0 Å². The highest BCUT2D eigenvalue weighted by Gasteiger charge is 2.19. The molecule has 0 aliphatic carbocycles. The van der Waals surface area contributed by atoms with Crippen molar-refractivity contribution in [1.82, 2.24) is 0 Å². The third-order valence-electron chi connectivity index (χ3n) is 12.4. The number of esters is 3. The van der Waals surface area contributed by atoms with Crippen LogP contribution in [0.5, 0.6) is 0 Å². The molecule has 0 aliphatic rings. The van der Waals surface area contributed by atoms with E-state index >= 15 is 0 Å². The van der Waals surface area contributed by atoms with Gasteiger partial charge in [0.05, 0.1) is 0 Å². The van der Waals surface area contributed by atoms with Crippen LogP contribution in [0.15, 0.2) is 85.1 Å². The van der Waals surface area contributed by atoms with Crippen molar-refractivity contribution in [3.05, 3.63) is 85.1 Å². The number of hydrogen-bond acceptors (Lipinski definition) is 6. The van der Waals surface area contributed by atoms with Gasteiger partial charge < -0.3 is 14.2 Å². The predicted molar refractivity (Wildman–Crippen MR) is 297 cm³/mol. The van der Waals surface area contributed by atoms with Gasteiger partial charge in [-0.2, -0.15) is 0 Å². The molecule has 6 nitrogen and oxygen atoms in total. The normalized spacial score (nSPS) is 12.7. The highest BCUT2D eigenvalue weighted by Crippen LogP contribution is 2.15. The Morgan fingerprint density at radius 1 is 0.304 bits per heavy atom. The molecule has 0 aromatic carbocycles. The first-order valence-electron chi connectivity index (χ1n) is 29.1. The average molecular weight is 962 g/mol. The number of carbonyl (C=O) groups excluding carboxylic acids is 3. The van der Waals surface area contributed by atoms with E-state index in [0.717, 1.165) is 109 Å². The summed E-state index contributed by atoms with van der Waals surface area (Å²) in [6, 6.07) is 0. The Balaban J connectivity index is 4.43. The van der Waals surface area contributed by atoms with Crippen molar-refractivity contribution in [3.63, 3.8) is 0 Å². The third-order valence-corrected chi connectivity index (χ3v) is 12.4. The number of rotatable bonds is 52. The van der Waals surface area contributed by atoms with Crippen LogP contribution in [-0.2, 0) is 28.6 Å². The van der Waals surface area contributed by atoms with E-state index in [2.05, 4.69) is 106 Å². The Morgan fingerprint density at radius 3 is 0.884 bits per heavy atom. The SMILES string of the molecule is CC/C=C\C/C=C\C/C=C\CCCCCCCCCC(=O)OCC(COC(=O)CCCCCCCCC/C=C\C/C=C\CCCCC)OC(=O)CCCCCCCCC/C=C\C/C=C\CCCCC. The molecule has 0 bridgehead atoms. The number of unbranched alkanes of at least 4 members (excludes halogenated alkanes) is 27. The standard InChI is InChI=1S/C63H108O6/c1-4-7-10-13-16-19-22-25-28-31-34-37-40-43-46-49-52-55-61(64)67-58-60(69-63(66)57-54-51-48-45-42-39-36-33-30-27-24-21-18-15-12-9-6-3)59-68-62(65)56-53-50-47-44-41-38-35-32-29-26-23-20-17-14-11-8-5-2/h7,10,16-21,25-30,60H,4-6,8-9,11-15,22-24,31-59H2,1-3H3/b10-7-,19-16-,20-17-,21-18-,28-25-,29-26-,30-27-. The summed E-state index contributed by atoms with van der Waals surface area (Å²) in [6.07, 6.45) is 74.2. The molecule has 6 heteroatoms. The van der Waals surface area contributed by atoms with E-state index in [-0.39, 0.29) is 31.1 Å². The van der Waals surface area contributed by atoms with Crippen LogP contribution in [0.4, 0.5) is 0 Å². The van der Waals surface area contributed by atoms with Gasteiger partial charge in [0, 0.05) is 19.3 Å². The van der Waals surface area contributed by atoms with Crippen LogP contribution in [0, 0.1) is 0 Å². The molecule has 0 radical (unpaired) electrons. The summed E-state index contributed by atoms with van der Waals surface area (Å²) in [4.78, 5) is 38.2. The maximum absolute atomic E-state index is 12.9. The quantitative estimate of drug-likeness (QED) is 0.0262. The summed E-state index contributed by atoms with van der Waals surface area (Å²) in [6.45, 7) is 6.47. The Labute approximate surface area is 426 Å². The zero-order chi connectivity index (χ0) is 50.0.